The van der Waals surface area contributed by atoms with Crippen LogP contribution in [0.3, 0.4) is 0 Å². The molecule has 4 heteroatoms. The normalized spacial score (nSPS) is 23.3. The van der Waals surface area contributed by atoms with Crippen molar-refractivity contribution < 1.29 is 9.84 Å². The summed E-state index contributed by atoms with van der Waals surface area (Å²) in [6.07, 6.45) is 4.75. The summed E-state index contributed by atoms with van der Waals surface area (Å²) in [5, 5.41) is 23.2. The van der Waals surface area contributed by atoms with E-state index >= 15 is 0 Å². The monoisotopic (exact) mass is 288 g/mol. The van der Waals surface area contributed by atoms with Gasteiger partial charge in [-0.05, 0) is 31.7 Å². The van der Waals surface area contributed by atoms with Crippen LogP contribution in [0.4, 0.5) is 0 Å². The Morgan fingerprint density at radius 1 is 1.43 bits per heavy atom. The Kier molecular flexibility index (Phi) is 5.46. The first kappa shape index (κ1) is 15.7. The fourth-order valence-electron chi connectivity index (χ4n) is 3.02. The highest BCUT2D eigenvalue weighted by atomic mass is 16.5. The SMILES string of the molecule is CCOc1cccc(C(C#N)NC2CCCCC2C)c1O. The molecule has 0 aliphatic heterocycles. The molecule has 114 valence electrons. The fraction of sp³-hybridized carbons (Fsp3) is 0.588. The van der Waals surface area contributed by atoms with Crippen LogP contribution in [0.2, 0.25) is 0 Å². The molecule has 1 saturated carbocycles. The molecule has 0 amide bonds. The second kappa shape index (κ2) is 7.33. The molecule has 3 unspecified atom stereocenters. The lowest BCUT2D eigenvalue weighted by Crippen LogP contribution is -2.39. The van der Waals surface area contributed by atoms with E-state index in [1.54, 1.807) is 12.1 Å². The van der Waals surface area contributed by atoms with E-state index < -0.39 is 6.04 Å². The molecule has 0 aromatic heterocycles. The molecule has 1 aromatic rings. The number of ether oxygens (including phenoxy) is 1. The maximum atomic E-state index is 10.3. The molecule has 4 nitrogen and oxygen atoms in total. The third-order valence-electron chi connectivity index (χ3n) is 4.26. The standard InChI is InChI=1S/C17H24N2O2/c1-3-21-16-10-6-8-13(17(16)20)15(11-18)19-14-9-5-4-7-12(14)2/h6,8,10,12,14-15,19-20H,3-5,7,9H2,1-2H3. The van der Waals surface area contributed by atoms with Gasteiger partial charge in [-0.15, -0.1) is 0 Å². The first-order valence-corrected chi connectivity index (χ1v) is 7.77. The van der Waals surface area contributed by atoms with Gasteiger partial charge in [0.2, 0.25) is 0 Å². The maximum Gasteiger partial charge on any atom is 0.163 e. The van der Waals surface area contributed by atoms with E-state index in [9.17, 15) is 10.4 Å². The van der Waals surface area contributed by atoms with Crippen molar-refractivity contribution in [3.8, 4) is 17.6 Å². The highest BCUT2D eigenvalue weighted by Crippen LogP contribution is 2.35. The van der Waals surface area contributed by atoms with Crippen LogP contribution in [-0.2, 0) is 0 Å². The Hall–Kier alpha value is -1.73. The molecular weight excluding hydrogens is 264 g/mol. The lowest BCUT2D eigenvalue weighted by atomic mass is 9.85. The lowest BCUT2D eigenvalue weighted by Gasteiger charge is -2.31. The van der Waals surface area contributed by atoms with E-state index in [4.69, 9.17) is 4.74 Å². The van der Waals surface area contributed by atoms with E-state index in [0.717, 1.165) is 6.42 Å². The molecule has 0 spiro atoms. The quantitative estimate of drug-likeness (QED) is 0.870. The molecular formula is C17H24N2O2. The zero-order chi connectivity index (χ0) is 15.2. The largest absolute Gasteiger partial charge is 0.504 e. The van der Waals surface area contributed by atoms with Gasteiger partial charge in [-0.3, -0.25) is 5.32 Å². The van der Waals surface area contributed by atoms with Gasteiger partial charge in [-0.1, -0.05) is 31.9 Å². The predicted octanol–water partition coefficient (Wildman–Crippen LogP) is 3.52. The number of hydrogen-bond donors (Lipinski definition) is 2. The third-order valence-corrected chi connectivity index (χ3v) is 4.26. The van der Waals surface area contributed by atoms with Gasteiger partial charge in [-0.25, -0.2) is 0 Å². The number of para-hydroxylation sites is 1. The van der Waals surface area contributed by atoms with Gasteiger partial charge < -0.3 is 9.84 Å². The Balaban J connectivity index is 2.17. The van der Waals surface area contributed by atoms with Crippen molar-refractivity contribution in [2.45, 2.75) is 51.6 Å². The number of phenols is 1. The Morgan fingerprint density at radius 3 is 2.86 bits per heavy atom. The molecule has 2 N–H and O–H groups in total. The molecule has 0 saturated heterocycles. The minimum absolute atomic E-state index is 0.0712. The third kappa shape index (κ3) is 3.68. The van der Waals surface area contributed by atoms with Crippen LogP contribution in [0.25, 0.3) is 0 Å². The highest BCUT2D eigenvalue weighted by Gasteiger charge is 2.26. The number of nitrogens with one attached hydrogen (secondary N) is 1. The van der Waals surface area contributed by atoms with Gasteiger partial charge in [0.15, 0.2) is 11.5 Å². The molecule has 1 aromatic carbocycles. The Morgan fingerprint density at radius 2 is 2.19 bits per heavy atom. The second-order valence-electron chi connectivity index (χ2n) is 5.72. The molecule has 1 aliphatic carbocycles. The van der Waals surface area contributed by atoms with E-state index in [2.05, 4.69) is 18.3 Å². The number of phenolic OH excluding ortho intramolecular Hbond substituents is 1. The van der Waals surface area contributed by atoms with Crippen LogP contribution in [-0.4, -0.2) is 17.8 Å². The summed E-state index contributed by atoms with van der Waals surface area (Å²) in [4.78, 5) is 0. The molecule has 2 rings (SSSR count). The van der Waals surface area contributed by atoms with Crippen LogP contribution in [0.15, 0.2) is 18.2 Å². The van der Waals surface area contributed by atoms with E-state index in [-0.39, 0.29) is 5.75 Å². The molecule has 3 atom stereocenters. The average molecular weight is 288 g/mol. The second-order valence-corrected chi connectivity index (χ2v) is 5.72. The van der Waals surface area contributed by atoms with Gasteiger partial charge >= 0.3 is 0 Å². The van der Waals surface area contributed by atoms with Crippen molar-refractivity contribution in [2.24, 2.45) is 5.92 Å². The van der Waals surface area contributed by atoms with Crippen molar-refractivity contribution in [2.75, 3.05) is 6.61 Å². The molecule has 21 heavy (non-hydrogen) atoms. The average Bonchev–Trinajstić information content (AvgIpc) is 2.49. The first-order chi connectivity index (χ1) is 10.2. The summed E-state index contributed by atoms with van der Waals surface area (Å²) in [7, 11) is 0. The number of rotatable bonds is 5. The number of benzene rings is 1. The van der Waals surface area contributed by atoms with E-state index in [0.29, 0.717) is 29.9 Å². The van der Waals surface area contributed by atoms with Crippen LogP contribution in [0.5, 0.6) is 11.5 Å². The van der Waals surface area contributed by atoms with Gasteiger partial charge in [0.05, 0.1) is 12.7 Å². The zero-order valence-electron chi connectivity index (χ0n) is 12.8. The van der Waals surface area contributed by atoms with Gasteiger partial charge in [-0.2, -0.15) is 5.26 Å². The molecule has 1 aliphatic rings. The lowest BCUT2D eigenvalue weighted by molar-refractivity contribution is 0.268. The predicted molar refractivity (Wildman–Crippen MR) is 82.2 cm³/mol. The minimum Gasteiger partial charge on any atom is -0.504 e. The summed E-state index contributed by atoms with van der Waals surface area (Å²) in [6, 6.07) is 7.42. The van der Waals surface area contributed by atoms with Crippen molar-refractivity contribution in [3.63, 3.8) is 0 Å². The topological polar surface area (TPSA) is 65.3 Å². The summed E-state index contributed by atoms with van der Waals surface area (Å²) in [5.41, 5.74) is 0.598. The summed E-state index contributed by atoms with van der Waals surface area (Å²) >= 11 is 0. The number of hydrogen-bond acceptors (Lipinski definition) is 4. The van der Waals surface area contributed by atoms with Crippen molar-refractivity contribution >= 4 is 0 Å². The van der Waals surface area contributed by atoms with Crippen molar-refractivity contribution in [1.82, 2.24) is 5.32 Å². The number of nitriles is 1. The van der Waals surface area contributed by atoms with Crippen molar-refractivity contribution in [1.29, 1.82) is 5.26 Å². The summed E-state index contributed by atoms with van der Waals surface area (Å²) in [5.74, 6) is 1.07. The first-order valence-electron chi connectivity index (χ1n) is 7.77. The van der Waals surface area contributed by atoms with Crippen LogP contribution >= 0.6 is 0 Å². The molecule has 0 heterocycles. The Bertz CT molecular complexity index is 510. The van der Waals surface area contributed by atoms with E-state index in [1.807, 2.05) is 13.0 Å². The molecule has 1 fully saturated rings. The molecule has 0 radical (unpaired) electrons. The fourth-order valence-corrected chi connectivity index (χ4v) is 3.02. The zero-order valence-corrected chi connectivity index (χ0v) is 12.8. The number of nitrogens with zero attached hydrogens (tertiary/aromatic N) is 1. The summed E-state index contributed by atoms with van der Waals surface area (Å²) in [6.45, 7) is 4.58. The minimum atomic E-state index is -0.504. The van der Waals surface area contributed by atoms with Crippen LogP contribution in [0, 0.1) is 17.2 Å². The van der Waals surface area contributed by atoms with Crippen LogP contribution in [0.1, 0.15) is 51.1 Å². The van der Waals surface area contributed by atoms with Crippen molar-refractivity contribution in [3.05, 3.63) is 23.8 Å². The molecule has 0 bridgehead atoms. The van der Waals surface area contributed by atoms with Crippen LogP contribution < -0.4 is 10.1 Å². The highest BCUT2D eigenvalue weighted by molar-refractivity contribution is 5.48. The Labute approximate surface area is 126 Å². The van der Waals surface area contributed by atoms with Gasteiger partial charge in [0, 0.05) is 11.6 Å². The van der Waals surface area contributed by atoms with Gasteiger partial charge in [0.25, 0.3) is 0 Å². The summed E-state index contributed by atoms with van der Waals surface area (Å²) < 4.78 is 5.40. The smallest absolute Gasteiger partial charge is 0.163 e. The van der Waals surface area contributed by atoms with E-state index in [1.165, 1.54) is 19.3 Å². The number of aromatic hydroxyl groups is 1. The maximum absolute atomic E-state index is 10.3. The van der Waals surface area contributed by atoms with Gasteiger partial charge in [0.1, 0.15) is 6.04 Å².